The molecule has 3 heteroatoms. The van der Waals surface area contributed by atoms with Crippen molar-refractivity contribution in [1.29, 1.82) is 0 Å². The van der Waals surface area contributed by atoms with E-state index in [0.29, 0.717) is 12.5 Å². The van der Waals surface area contributed by atoms with E-state index in [0.717, 1.165) is 0 Å². The second kappa shape index (κ2) is 1.82. The number of nitrogens with zero attached hydrogens (tertiary/aromatic N) is 1. The summed E-state index contributed by atoms with van der Waals surface area (Å²) in [5.41, 5.74) is 0. The molecule has 0 aromatic heterocycles. The molecule has 0 atom stereocenters. The Kier molecular flexibility index (Phi) is 1.15. The van der Waals surface area contributed by atoms with Crippen LogP contribution in [-0.2, 0) is 9.57 Å². The summed E-state index contributed by atoms with van der Waals surface area (Å²) in [5.74, 6) is 0.569. The maximum Gasteiger partial charge on any atom is 0.233 e. The van der Waals surface area contributed by atoms with Crippen molar-refractivity contribution in [3.63, 3.8) is 0 Å². The van der Waals surface area contributed by atoms with Gasteiger partial charge in [0, 0.05) is 0 Å². The zero-order valence-electron chi connectivity index (χ0n) is 4.05. The molecule has 0 amide bonds. The summed E-state index contributed by atoms with van der Waals surface area (Å²) in [5, 5.41) is 3.49. The van der Waals surface area contributed by atoms with E-state index in [-0.39, 0.29) is 0 Å². The van der Waals surface area contributed by atoms with Gasteiger partial charge in [0.1, 0.15) is 6.61 Å². The molecule has 1 aliphatic heterocycles. The van der Waals surface area contributed by atoms with Crippen molar-refractivity contribution in [2.45, 2.75) is 0 Å². The number of ether oxygens (including phenoxy) is 1. The molecule has 3 nitrogen and oxygen atoms in total. The van der Waals surface area contributed by atoms with Gasteiger partial charge in [-0.2, -0.15) is 0 Å². The van der Waals surface area contributed by atoms with Crippen LogP contribution in [0.15, 0.2) is 5.16 Å². The fourth-order valence-corrected chi connectivity index (χ4v) is 0.367. The molecule has 1 aliphatic rings. The van der Waals surface area contributed by atoms with E-state index in [1.54, 1.807) is 13.5 Å². The van der Waals surface area contributed by atoms with E-state index in [2.05, 4.69) is 14.7 Å². The molecule has 7 heavy (non-hydrogen) atoms. The van der Waals surface area contributed by atoms with Crippen molar-refractivity contribution in [2.24, 2.45) is 5.16 Å². The van der Waals surface area contributed by atoms with E-state index >= 15 is 0 Å². The number of hydrogen-bond donors (Lipinski definition) is 0. The minimum atomic E-state index is 0.545. The molecule has 0 fully saturated rings. The van der Waals surface area contributed by atoms with Gasteiger partial charge in [-0.05, 0) is 0 Å². The normalized spacial score (nSPS) is 18.1. The summed E-state index contributed by atoms with van der Waals surface area (Å²) in [6, 6.07) is 0. The molecule has 39 valence electrons. The topological polar surface area (TPSA) is 30.8 Å². The summed E-state index contributed by atoms with van der Waals surface area (Å²) in [6.45, 7) is 0.545. The van der Waals surface area contributed by atoms with Crippen molar-refractivity contribution < 1.29 is 9.57 Å². The summed E-state index contributed by atoms with van der Waals surface area (Å²) in [7, 11) is 1.56. The molecule has 0 spiro atoms. The second-order valence-corrected chi connectivity index (χ2v) is 1.13. The Morgan fingerprint density at radius 3 is 3.14 bits per heavy atom. The molecule has 0 bridgehead atoms. The van der Waals surface area contributed by atoms with E-state index in [1.807, 2.05) is 0 Å². The van der Waals surface area contributed by atoms with E-state index < -0.39 is 0 Å². The van der Waals surface area contributed by atoms with E-state index in [4.69, 9.17) is 0 Å². The highest BCUT2D eigenvalue weighted by atomic mass is 16.7. The van der Waals surface area contributed by atoms with Gasteiger partial charge in [-0.25, -0.2) is 0 Å². The minimum absolute atomic E-state index is 0.545. The highest BCUT2D eigenvalue weighted by molar-refractivity contribution is 5.85. The summed E-state index contributed by atoms with van der Waals surface area (Å²) in [4.78, 5) is 4.56. The van der Waals surface area contributed by atoms with Crippen LogP contribution < -0.4 is 0 Å². The molecule has 1 heterocycles. The van der Waals surface area contributed by atoms with Crippen LogP contribution in [0.4, 0.5) is 0 Å². The molecule has 1 rings (SSSR count). The lowest BCUT2D eigenvalue weighted by Gasteiger charge is -1.87. The maximum absolute atomic E-state index is 4.68. The van der Waals surface area contributed by atoms with Crippen molar-refractivity contribution in [2.75, 3.05) is 13.7 Å². The smallest absolute Gasteiger partial charge is 0.233 e. The van der Waals surface area contributed by atoms with Gasteiger partial charge in [0.15, 0.2) is 0 Å². The standard InChI is InChI=1S/C4H6NO2/c1-6-4-2-3-7-5-4/h2H,3H2,1H3. The Morgan fingerprint density at radius 2 is 2.86 bits per heavy atom. The van der Waals surface area contributed by atoms with E-state index in [9.17, 15) is 0 Å². The average Bonchev–Trinajstić information content (AvgIpc) is 2.14. The fraction of sp³-hybridized carbons (Fsp3) is 0.500. The zero-order valence-corrected chi connectivity index (χ0v) is 4.05. The lowest BCUT2D eigenvalue weighted by molar-refractivity contribution is 0.182. The van der Waals surface area contributed by atoms with Crippen LogP contribution in [0.3, 0.4) is 0 Å². The highest BCUT2D eigenvalue weighted by Gasteiger charge is 2.05. The van der Waals surface area contributed by atoms with Gasteiger partial charge in [-0.15, -0.1) is 0 Å². The Hall–Kier alpha value is -0.730. The lowest BCUT2D eigenvalue weighted by Crippen LogP contribution is -1.96. The molecule has 0 aromatic carbocycles. The molecular formula is C4H6NO2. The molecule has 0 aliphatic carbocycles. The largest absolute Gasteiger partial charge is 0.482 e. The third kappa shape index (κ3) is 0.824. The highest BCUT2D eigenvalue weighted by Crippen LogP contribution is 1.96. The Bertz CT molecular complexity index is 89.7. The summed E-state index contributed by atoms with van der Waals surface area (Å²) in [6.07, 6.45) is 1.76. The van der Waals surface area contributed by atoms with E-state index in [1.165, 1.54) is 0 Å². The molecule has 1 radical (unpaired) electrons. The van der Waals surface area contributed by atoms with Gasteiger partial charge < -0.3 is 9.57 Å². The third-order valence-electron chi connectivity index (χ3n) is 0.696. The van der Waals surface area contributed by atoms with Gasteiger partial charge >= 0.3 is 0 Å². The van der Waals surface area contributed by atoms with Gasteiger partial charge in [0.05, 0.1) is 13.5 Å². The first-order valence-corrected chi connectivity index (χ1v) is 2.00. The SMILES string of the molecule is COC1=NOC[CH]1. The van der Waals surface area contributed by atoms with Crippen molar-refractivity contribution in [3.05, 3.63) is 6.42 Å². The Labute approximate surface area is 41.9 Å². The fourth-order valence-electron chi connectivity index (χ4n) is 0.367. The van der Waals surface area contributed by atoms with Crippen molar-refractivity contribution in [1.82, 2.24) is 0 Å². The molecular weight excluding hydrogens is 94.0 g/mol. The number of hydrogen-bond acceptors (Lipinski definition) is 3. The zero-order chi connectivity index (χ0) is 5.11. The van der Waals surface area contributed by atoms with Gasteiger partial charge in [0.2, 0.25) is 5.90 Å². The van der Waals surface area contributed by atoms with Gasteiger partial charge in [0.25, 0.3) is 0 Å². The Balaban J connectivity index is 2.36. The quantitative estimate of drug-likeness (QED) is 0.434. The van der Waals surface area contributed by atoms with Crippen LogP contribution in [0.1, 0.15) is 0 Å². The Morgan fingerprint density at radius 1 is 2.00 bits per heavy atom. The average molecular weight is 100 g/mol. The summed E-state index contributed by atoms with van der Waals surface area (Å²) < 4.78 is 4.68. The molecule has 0 unspecified atom stereocenters. The lowest BCUT2D eigenvalue weighted by atomic mass is 10.5. The first-order chi connectivity index (χ1) is 3.43. The first-order valence-electron chi connectivity index (χ1n) is 2.00. The van der Waals surface area contributed by atoms with Crippen LogP contribution in [0.2, 0.25) is 0 Å². The van der Waals surface area contributed by atoms with Gasteiger partial charge in [-0.1, -0.05) is 5.16 Å². The second-order valence-electron chi connectivity index (χ2n) is 1.13. The van der Waals surface area contributed by atoms with Crippen LogP contribution in [0.5, 0.6) is 0 Å². The predicted molar refractivity (Wildman–Crippen MR) is 24.7 cm³/mol. The molecule has 0 saturated carbocycles. The first kappa shape index (κ1) is 4.43. The number of rotatable bonds is 0. The monoisotopic (exact) mass is 100 g/mol. The van der Waals surface area contributed by atoms with Crippen LogP contribution in [0.25, 0.3) is 0 Å². The van der Waals surface area contributed by atoms with Crippen LogP contribution in [0, 0.1) is 6.42 Å². The third-order valence-corrected chi connectivity index (χ3v) is 0.696. The minimum Gasteiger partial charge on any atom is -0.482 e. The number of methoxy groups -OCH3 is 1. The van der Waals surface area contributed by atoms with Gasteiger partial charge in [-0.3, -0.25) is 0 Å². The van der Waals surface area contributed by atoms with Crippen LogP contribution in [-0.4, -0.2) is 19.6 Å². The number of oxime groups is 1. The maximum atomic E-state index is 4.68. The predicted octanol–water partition coefficient (Wildman–Crippen LogP) is 0.181. The molecule has 0 saturated heterocycles. The van der Waals surface area contributed by atoms with Crippen molar-refractivity contribution in [3.8, 4) is 0 Å². The van der Waals surface area contributed by atoms with Crippen LogP contribution >= 0.6 is 0 Å². The van der Waals surface area contributed by atoms with Crippen molar-refractivity contribution >= 4 is 5.90 Å². The molecule has 0 aromatic rings. The molecule has 0 N–H and O–H groups in total. The summed E-state index contributed by atoms with van der Waals surface area (Å²) >= 11 is 0.